The zero-order valence-electron chi connectivity index (χ0n) is 18.0. The van der Waals surface area contributed by atoms with Crippen LogP contribution in [-0.2, 0) is 4.79 Å². The Labute approximate surface area is 199 Å². The average molecular weight is 487 g/mol. The number of rotatable bonds is 8. The number of carbonyl (C=O) groups is 1. The molecule has 0 atom stereocenters. The van der Waals surface area contributed by atoms with Crippen molar-refractivity contribution in [2.75, 3.05) is 24.8 Å². The maximum Gasteiger partial charge on any atom is 0.228 e. The number of hydrazine groups is 1. The van der Waals surface area contributed by atoms with E-state index in [0.29, 0.717) is 43.4 Å². The number of amides is 1. The summed E-state index contributed by atoms with van der Waals surface area (Å²) >= 11 is 7.43. The summed E-state index contributed by atoms with van der Waals surface area (Å²) in [5, 5.41) is 12.1. The number of methoxy groups -OCH3 is 1. The molecule has 12 heteroatoms. The summed E-state index contributed by atoms with van der Waals surface area (Å²) in [6.07, 6.45) is 5.03. The van der Waals surface area contributed by atoms with Crippen LogP contribution in [0.4, 0.5) is 17.2 Å². The van der Waals surface area contributed by atoms with E-state index in [9.17, 15) is 4.79 Å². The average Bonchev–Trinajstić information content (AvgIpc) is 3.54. The molecule has 0 bridgehead atoms. The van der Waals surface area contributed by atoms with Gasteiger partial charge in [0.05, 0.1) is 35.8 Å². The van der Waals surface area contributed by atoms with Crippen molar-refractivity contribution in [1.82, 2.24) is 15.1 Å². The van der Waals surface area contributed by atoms with E-state index >= 15 is 0 Å². The van der Waals surface area contributed by atoms with Crippen molar-refractivity contribution in [1.29, 1.82) is 0 Å². The molecule has 1 aromatic carbocycles. The van der Waals surface area contributed by atoms with Gasteiger partial charge in [-0.15, -0.1) is 16.4 Å². The fourth-order valence-electron chi connectivity index (χ4n) is 3.18. The minimum absolute atomic E-state index is 0.0343. The highest BCUT2D eigenvalue weighted by Gasteiger charge is 2.30. The number of pyridine rings is 1. The molecular weight excluding hydrogens is 464 g/mol. The third kappa shape index (κ3) is 5.33. The van der Waals surface area contributed by atoms with Gasteiger partial charge < -0.3 is 21.1 Å². The largest absolute Gasteiger partial charge is 0.494 e. The number of halogens is 1. The number of ether oxygens (including phenoxy) is 1. The van der Waals surface area contributed by atoms with Crippen LogP contribution >= 0.6 is 22.9 Å². The van der Waals surface area contributed by atoms with Crippen LogP contribution in [0.5, 0.6) is 5.75 Å². The van der Waals surface area contributed by atoms with Gasteiger partial charge in [0.15, 0.2) is 11.6 Å². The van der Waals surface area contributed by atoms with Crippen molar-refractivity contribution < 1.29 is 9.53 Å². The van der Waals surface area contributed by atoms with Gasteiger partial charge in [-0.3, -0.25) is 4.79 Å². The Morgan fingerprint density at radius 3 is 2.73 bits per heavy atom. The number of nitrogens with two attached hydrogens (primary N) is 2. The van der Waals surface area contributed by atoms with Crippen molar-refractivity contribution in [2.45, 2.75) is 12.8 Å². The predicted molar refractivity (Wildman–Crippen MR) is 131 cm³/mol. The van der Waals surface area contributed by atoms with Crippen LogP contribution in [0.15, 0.2) is 41.8 Å². The topological polar surface area (TPSA) is 144 Å². The zero-order chi connectivity index (χ0) is 23.5. The first-order chi connectivity index (χ1) is 15.9. The molecule has 33 heavy (non-hydrogen) atoms. The molecule has 0 unspecified atom stereocenters. The Hall–Kier alpha value is -3.41. The number of nitrogens with zero attached hydrogens (tertiary/aromatic N) is 4. The highest BCUT2D eigenvalue weighted by atomic mass is 35.5. The van der Waals surface area contributed by atoms with Crippen LogP contribution in [0, 0.1) is 5.92 Å². The molecule has 10 nitrogen and oxygen atoms in total. The van der Waals surface area contributed by atoms with E-state index in [0.717, 1.165) is 18.0 Å². The maximum absolute atomic E-state index is 12.3. The number of hydrazone groups is 1. The lowest BCUT2D eigenvalue weighted by Gasteiger charge is -2.17. The molecule has 1 amide bonds. The normalized spacial score (nSPS) is 13.5. The number of benzene rings is 1. The molecular formula is C21H23ClN8O2S. The summed E-state index contributed by atoms with van der Waals surface area (Å²) in [5.41, 5.74) is 8.67. The lowest BCUT2D eigenvalue weighted by Crippen LogP contribution is -2.26. The first kappa shape index (κ1) is 22.8. The van der Waals surface area contributed by atoms with Gasteiger partial charge in [-0.2, -0.15) is 0 Å². The third-order valence-electron chi connectivity index (χ3n) is 4.84. The minimum atomic E-state index is -0.0343. The number of aromatic nitrogens is 2. The van der Waals surface area contributed by atoms with Gasteiger partial charge in [0.25, 0.3) is 0 Å². The third-order valence-corrected chi connectivity index (χ3v) is 5.99. The van der Waals surface area contributed by atoms with E-state index in [1.54, 1.807) is 38.7 Å². The molecule has 3 aromatic rings. The zero-order valence-corrected chi connectivity index (χ0v) is 19.6. The summed E-state index contributed by atoms with van der Waals surface area (Å²) in [4.78, 5) is 21.0. The van der Waals surface area contributed by atoms with Crippen LogP contribution in [0.3, 0.4) is 0 Å². The lowest BCUT2D eigenvalue weighted by molar-refractivity contribution is -0.117. The molecule has 1 fully saturated rings. The standard InChI is InChI=1S/C21H23ClN8O2S/c1-30(24)29-19(23)12-4-3-5-14(18(12)32-2)27-15-8-17(28-20(31)11-6-7-11)25-9-13(15)21-26-10-16(22)33-21/h3-5,8-11H,6-7,24H2,1-2H3,(H2,23,29)(H2,25,27,28,31). The minimum Gasteiger partial charge on any atom is -0.494 e. The molecule has 1 saturated carbocycles. The Morgan fingerprint density at radius 1 is 1.30 bits per heavy atom. The van der Waals surface area contributed by atoms with E-state index < -0.39 is 0 Å². The number of hydrogen-bond donors (Lipinski definition) is 4. The molecule has 6 N–H and O–H groups in total. The number of amidine groups is 1. The fourth-order valence-corrected chi connectivity index (χ4v) is 4.11. The van der Waals surface area contributed by atoms with Gasteiger partial charge in [-0.1, -0.05) is 17.7 Å². The van der Waals surface area contributed by atoms with Crippen molar-refractivity contribution in [3.63, 3.8) is 0 Å². The molecule has 2 aromatic heterocycles. The number of anilines is 3. The van der Waals surface area contributed by atoms with Crippen molar-refractivity contribution in [2.24, 2.45) is 22.6 Å². The summed E-state index contributed by atoms with van der Waals surface area (Å²) in [6, 6.07) is 7.18. The maximum atomic E-state index is 12.3. The van der Waals surface area contributed by atoms with Crippen LogP contribution in [0.25, 0.3) is 10.6 Å². The van der Waals surface area contributed by atoms with Gasteiger partial charge >= 0.3 is 0 Å². The Balaban J connectivity index is 1.74. The van der Waals surface area contributed by atoms with Crippen LogP contribution in [0.1, 0.15) is 18.4 Å². The summed E-state index contributed by atoms with van der Waals surface area (Å²) in [7, 11) is 3.11. The second-order valence-corrected chi connectivity index (χ2v) is 9.08. The monoisotopic (exact) mass is 486 g/mol. The SMILES string of the molecule is COc1c(Nc2cc(NC(=O)C3CC3)ncc2-c2ncc(Cl)s2)cccc1/C(N)=N/N(C)N. The van der Waals surface area contributed by atoms with Crippen LogP contribution < -0.4 is 26.9 Å². The lowest BCUT2D eigenvalue weighted by atomic mass is 10.1. The van der Waals surface area contributed by atoms with Gasteiger partial charge in [0, 0.05) is 25.2 Å². The van der Waals surface area contributed by atoms with Gasteiger partial charge in [-0.25, -0.2) is 20.9 Å². The molecule has 0 spiro atoms. The highest BCUT2D eigenvalue weighted by molar-refractivity contribution is 7.18. The van der Waals surface area contributed by atoms with Crippen LogP contribution in [0.2, 0.25) is 4.34 Å². The van der Waals surface area contributed by atoms with E-state index in [2.05, 4.69) is 25.7 Å². The van der Waals surface area contributed by atoms with E-state index in [1.807, 2.05) is 12.1 Å². The Bertz CT molecular complexity index is 1210. The van der Waals surface area contributed by atoms with Crippen LogP contribution in [-0.4, -0.2) is 41.0 Å². The second-order valence-electron chi connectivity index (χ2n) is 7.42. The van der Waals surface area contributed by atoms with Crippen molar-refractivity contribution >= 4 is 51.9 Å². The number of carbonyl (C=O) groups excluding carboxylic acids is 1. The van der Waals surface area contributed by atoms with Gasteiger partial charge in [-0.05, 0) is 25.0 Å². The first-order valence-electron chi connectivity index (χ1n) is 10.0. The molecule has 0 saturated heterocycles. The number of hydrogen-bond acceptors (Lipinski definition) is 9. The Kier molecular flexibility index (Phi) is 6.63. The summed E-state index contributed by atoms with van der Waals surface area (Å²) in [6.45, 7) is 0. The smallest absolute Gasteiger partial charge is 0.228 e. The summed E-state index contributed by atoms with van der Waals surface area (Å²) in [5.74, 6) is 6.73. The highest BCUT2D eigenvalue weighted by Crippen LogP contribution is 2.38. The quantitative estimate of drug-likeness (QED) is 0.164. The van der Waals surface area contributed by atoms with E-state index in [-0.39, 0.29) is 17.7 Å². The first-order valence-corrected chi connectivity index (χ1v) is 11.2. The van der Waals surface area contributed by atoms with Gasteiger partial charge in [0.2, 0.25) is 5.91 Å². The van der Waals surface area contributed by atoms with Gasteiger partial charge in [0.1, 0.15) is 15.2 Å². The van der Waals surface area contributed by atoms with Crippen molar-refractivity contribution in [3.8, 4) is 16.3 Å². The number of nitrogens with one attached hydrogen (secondary N) is 2. The van der Waals surface area contributed by atoms with E-state index in [4.69, 9.17) is 27.9 Å². The second kappa shape index (κ2) is 9.61. The van der Waals surface area contributed by atoms with E-state index in [1.165, 1.54) is 11.3 Å². The number of para-hydroxylation sites is 1. The molecule has 1 aliphatic rings. The molecule has 4 rings (SSSR count). The molecule has 0 radical (unpaired) electrons. The van der Waals surface area contributed by atoms with Crippen molar-refractivity contribution in [3.05, 3.63) is 46.6 Å². The molecule has 2 heterocycles. The Morgan fingerprint density at radius 2 is 2.09 bits per heavy atom. The fraction of sp³-hybridized carbons (Fsp3) is 0.238. The predicted octanol–water partition coefficient (Wildman–Crippen LogP) is 3.39. The summed E-state index contributed by atoms with van der Waals surface area (Å²) < 4.78 is 6.19. The number of thiazole rings is 1. The molecule has 0 aliphatic heterocycles. The molecule has 172 valence electrons. The molecule has 1 aliphatic carbocycles.